The first kappa shape index (κ1) is 64.8. The van der Waals surface area contributed by atoms with Gasteiger partial charge in [-0.15, -0.1) is 0 Å². The molecule has 115 heavy (non-hydrogen) atoms. The Labute approximate surface area is 643 Å². The quantitative estimate of drug-likeness (QED) is 0.0709. The molecule has 8 heterocycles. The molecule has 0 fully saturated rings. The maximum Gasteiger partial charge on any atom is 0.347 e. The van der Waals surface area contributed by atoms with E-state index < -0.39 is 0 Å². The Kier molecular flexibility index (Phi) is 13.9. The summed E-state index contributed by atoms with van der Waals surface area (Å²) in [5.41, 5.74) is 11.0. The summed E-state index contributed by atoms with van der Waals surface area (Å²) < 4.78 is 3.41. The molecular weight excluding hydrogens is 1430 g/mol. The summed E-state index contributed by atoms with van der Waals surface area (Å²) in [4.78, 5) is 117. The molecule has 0 saturated carbocycles. The standard InChI is InChI=1S/C28H14N2O4.C26H12N4O2.C18H12.C16H10.C9H6N6/c31-25-13-5-1-3-7-15(13)27(33)21-17(25)9-11-19-23(21)29-20-12-10-18-22(24(20)30-19)28(34)16-8-4-2-6-14(16)26(18)32;31-25-15-11-12-16-22-14(24-28-18-6-2-4-8-20(18)30(24)26(16)32)10-9-13(21(15)22)23-27-17-5-1-3-7-19(17)29(23)25;1-3-7-15-13(5-1)9-11-18-16-8-4-2-6-14(16)10-12-17(15)18;1-3-11-7-9-13-5-2-6-14-10-8-12(4-1)15(11)16(13)14;1-10-4-5(11-1)7-9(15-3-13-7)8-6(4)12-2-14-8/h1-12,29-30H;1-12H;1-12H;1-10H;1-3H,(H,10,11)(H,12,14)(H,13,15)/p+1. The van der Waals surface area contributed by atoms with Crippen LogP contribution in [0.4, 0.5) is 0 Å². The third-order valence-corrected chi connectivity index (χ3v) is 23.1. The summed E-state index contributed by atoms with van der Waals surface area (Å²) in [7, 11) is 0. The van der Waals surface area contributed by atoms with Crippen LogP contribution < -0.4 is 37.8 Å². The van der Waals surface area contributed by atoms with Crippen LogP contribution in [-0.4, -0.2) is 53.7 Å². The minimum absolute atomic E-state index is 0.0971. The number of nitrogens with zero attached hydrogens (tertiary/aromatic N) is 6. The number of nitrogens with one attached hydrogen (secondary N) is 6. The van der Waals surface area contributed by atoms with Gasteiger partial charge in [0, 0.05) is 53.9 Å². The topological polar surface area (TPSA) is 256 Å². The van der Waals surface area contributed by atoms with Crippen molar-refractivity contribution in [1.29, 1.82) is 0 Å². The van der Waals surface area contributed by atoms with Crippen molar-refractivity contribution in [2.75, 3.05) is 0 Å². The molecule has 27 rings (SSSR count). The second-order valence-electron chi connectivity index (χ2n) is 29.1. The number of benzene rings is 19. The van der Waals surface area contributed by atoms with Crippen molar-refractivity contribution in [3.8, 4) is 0 Å². The highest BCUT2D eigenvalue weighted by atomic mass is 16.1. The van der Waals surface area contributed by atoms with Gasteiger partial charge in [0.2, 0.25) is 0 Å². The number of imidazole rings is 5. The molecule has 0 radical (unpaired) electrons. The number of hydrogen-bond donors (Lipinski definition) is 5. The zero-order valence-corrected chi connectivity index (χ0v) is 60.4. The van der Waals surface area contributed by atoms with E-state index >= 15 is 0 Å². The molecule has 0 aliphatic rings. The van der Waals surface area contributed by atoms with Crippen LogP contribution in [0.1, 0.15) is 0 Å². The number of rotatable bonds is 0. The number of para-hydroxylation sites is 4. The van der Waals surface area contributed by atoms with Crippen LogP contribution in [0.3, 0.4) is 0 Å². The fourth-order valence-electron chi connectivity index (χ4n) is 17.9. The summed E-state index contributed by atoms with van der Waals surface area (Å²) >= 11 is 0. The summed E-state index contributed by atoms with van der Waals surface area (Å²) in [6.07, 6.45) is 5.00. The molecule has 0 spiro atoms. The lowest BCUT2D eigenvalue weighted by Crippen LogP contribution is -2.17. The lowest BCUT2D eigenvalue weighted by molar-refractivity contribution is -0.310. The molecule has 18 heteroatoms. The highest BCUT2D eigenvalue weighted by Crippen LogP contribution is 2.39. The minimum atomic E-state index is -0.238. The van der Waals surface area contributed by atoms with Crippen LogP contribution in [0.2, 0.25) is 0 Å². The van der Waals surface area contributed by atoms with Crippen LogP contribution >= 0.6 is 0 Å². The van der Waals surface area contributed by atoms with Gasteiger partial charge in [0.1, 0.15) is 22.2 Å². The lowest BCUT2D eigenvalue weighted by atomic mass is 9.95. The highest BCUT2D eigenvalue weighted by Gasteiger charge is 2.27. The molecule has 18 nitrogen and oxygen atoms in total. The molecule has 8 aromatic heterocycles. The van der Waals surface area contributed by atoms with Crippen molar-refractivity contribution >= 4 is 229 Å². The molecule has 0 aliphatic heterocycles. The number of aromatic amines is 6. The van der Waals surface area contributed by atoms with Gasteiger partial charge < -0.3 is 24.9 Å². The molecule has 6 N–H and O–H groups in total. The second kappa shape index (κ2) is 24.6. The maximum absolute atomic E-state index is 13.6. The van der Waals surface area contributed by atoms with Crippen molar-refractivity contribution in [1.82, 2.24) is 53.7 Å². The van der Waals surface area contributed by atoms with E-state index in [-0.39, 0.29) is 32.8 Å². The largest absolute Gasteiger partial charge is 0.351 e. The summed E-state index contributed by atoms with van der Waals surface area (Å²) in [5, 5.41) is 23.4. The van der Waals surface area contributed by atoms with Crippen LogP contribution in [0.15, 0.2) is 327 Å². The Bertz CT molecular complexity index is 8550. The number of H-pyrrole nitrogens is 6. The molecule has 538 valence electrons. The van der Waals surface area contributed by atoms with Crippen molar-refractivity contribution in [3.63, 3.8) is 0 Å². The Balaban J connectivity index is 0.0000000886. The van der Waals surface area contributed by atoms with Gasteiger partial charge in [-0.3, -0.25) is 28.4 Å². The van der Waals surface area contributed by atoms with Gasteiger partial charge in [-0.1, -0.05) is 206 Å². The number of fused-ring (bicyclic) bond motifs is 27. The van der Waals surface area contributed by atoms with Gasteiger partial charge in [0.15, 0.2) is 32.7 Å². The van der Waals surface area contributed by atoms with Gasteiger partial charge in [0.05, 0.1) is 90.2 Å². The zero-order valence-electron chi connectivity index (χ0n) is 60.4. The van der Waals surface area contributed by atoms with E-state index in [1.54, 1.807) is 113 Å². The molecule has 0 amide bonds. The van der Waals surface area contributed by atoms with Crippen LogP contribution in [-0.2, 0) is 0 Å². The Morgan fingerprint density at radius 1 is 0.261 bits per heavy atom. The SMILES string of the molecule is O=c1c2ccc3c(=O)n4c5ccccc5[nH+]c4c4ccc(c2c34)c2nc3ccccc3n12.O=c1c2ccccc2c(=O)c2c1ccc1[nH]c3c(ccc4c(=O)c5ccccc5c(=O)c43)[nH]c12.c1cc2ccc3cccc4ccc(c1)c2c34.c1ccc2c(c1)ccc1c3ccccc3ccc21.c1nc2c3nc[nH]c3c3[nH]cnc3c2[nH]1. The Hall–Kier alpha value is -16.2. The van der Waals surface area contributed by atoms with E-state index in [0.717, 1.165) is 82.4 Å². The third-order valence-electron chi connectivity index (χ3n) is 23.1. The molecule has 0 aliphatic carbocycles. The third kappa shape index (κ3) is 9.47. The number of hydrogen-bond acceptors (Lipinski definition) is 10. The van der Waals surface area contributed by atoms with Gasteiger partial charge in [-0.2, -0.15) is 4.40 Å². The number of aromatic nitrogens is 12. The fourth-order valence-corrected chi connectivity index (χ4v) is 17.9. The van der Waals surface area contributed by atoms with E-state index in [9.17, 15) is 28.8 Å². The zero-order chi connectivity index (χ0) is 76.6. The average molecular weight is 1480 g/mol. The predicted octanol–water partition coefficient (Wildman–Crippen LogP) is 18.9. The van der Waals surface area contributed by atoms with Crippen LogP contribution in [0.25, 0.3) is 229 Å². The van der Waals surface area contributed by atoms with Crippen molar-refractivity contribution in [2.45, 2.75) is 0 Å². The normalized spacial score (nSPS) is 12.0. The van der Waals surface area contributed by atoms with Crippen LogP contribution in [0, 0.1) is 0 Å². The minimum Gasteiger partial charge on any atom is -0.351 e. The first-order valence-electron chi connectivity index (χ1n) is 37.6. The highest BCUT2D eigenvalue weighted by molar-refractivity contribution is 6.28. The van der Waals surface area contributed by atoms with E-state index in [0.29, 0.717) is 81.6 Å². The van der Waals surface area contributed by atoms with E-state index in [1.807, 2.05) is 60.7 Å². The predicted molar refractivity (Wildman–Crippen MR) is 466 cm³/mol. The van der Waals surface area contributed by atoms with E-state index in [1.165, 1.54) is 64.6 Å². The van der Waals surface area contributed by atoms with E-state index in [4.69, 9.17) is 4.98 Å². The van der Waals surface area contributed by atoms with Crippen LogP contribution in [0.5, 0.6) is 0 Å². The smallest absolute Gasteiger partial charge is 0.347 e. The molecule has 0 bridgehead atoms. The maximum atomic E-state index is 13.6. The Morgan fingerprint density at radius 2 is 0.652 bits per heavy atom. The fraction of sp³-hybridized carbons (Fsp3) is 0. The van der Waals surface area contributed by atoms with E-state index in [2.05, 4.69) is 178 Å². The van der Waals surface area contributed by atoms with Gasteiger partial charge in [-0.25, -0.2) is 29.7 Å². The molecule has 0 saturated heterocycles. The summed E-state index contributed by atoms with van der Waals surface area (Å²) in [5.74, 6) is 0. The first-order valence-corrected chi connectivity index (χ1v) is 37.6. The van der Waals surface area contributed by atoms with Gasteiger partial charge in [0.25, 0.3) is 11.2 Å². The molecule has 19 aromatic carbocycles. The van der Waals surface area contributed by atoms with Crippen molar-refractivity contribution < 1.29 is 4.98 Å². The van der Waals surface area contributed by atoms with Crippen molar-refractivity contribution in [3.05, 3.63) is 360 Å². The van der Waals surface area contributed by atoms with Gasteiger partial charge in [-0.05, 0) is 137 Å². The Morgan fingerprint density at radius 3 is 1.21 bits per heavy atom. The molecule has 0 atom stereocenters. The molecular formula is C97H55N12O6+. The van der Waals surface area contributed by atoms with Gasteiger partial charge >= 0.3 is 5.56 Å². The first-order chi connectivity index (χ1) is 56.6. The monoisotopic (exact) mass is 1480 g/mol. The number of pyridine rings is 2. The summed E-state index contributed by atoms with van der Waals surface area (Å²) in [6.45, 7) is 0. The lowest BCUT2D eigenvalue weighted by Gasteiger charge is -2.10. The average Bonchev–Trinajstić information content (AvgIpc) is 1.62. The summed E-state index contributed by atoms with van der Waals surface area (Å²) in [6, 6.07) is 91.2. The van der Waals surface area contributed by atoms with Crippen molar-refractivity contribution in [2.24, 2.45) is 0 Å². The second-order valence-corrected chi connectivity index (χ2v) is 29.1. The molecule has 0 unspecified atom stereocenters. The molecule has 27 aromatic rings.